The van der Waals surface area contributed by atoms with Crippen LogP contribution in [-0.2, 0) is 31.4 Å². The van der Waals surface area contributed by atoms with Gasteiger partial charge in [-0.25, -0.2) is 8.78 Å². The fourth-order valence-corrected chi connectivity index (χ4v) is 8.15. The zero-order valence-corrected chi connectivity index (χ0v) is 36.3. The summed E-state index contributed by atoms with van der Waals surface area (Å²) in [5.41, 5.74) is 3.09. The lowest BCUT2D eigenvalue weighted by Gasteiger charge is -2.23. The summed E-state index contributed by atoms with van der Waals surface area (Å²) >= 11 is 1.32. The Morgan fingerprint density at radius 2 is 1.50 bits per heavy atom. The highest BCUT2D eigenvalue weighted by Crippen LogP contribution is 2.36. The highest BCUT2D eigenvalue weighted by Gasteiger charge is 2.20. The van der Waals surface area contributed by atoms with E-state index in [-0.39, 0.29) is 35.7 Å². The van der Waals surface area contributed by atoms with Crippen molar-refractivity contribution < 1.29 is 39.5 Å². The SMILES string of the molecule is CCCCC(CC)Cc1ccc(N=Nc2ccc(F)c(S(=O)(=O)O)c2)c(Nc2nc3nc(n2)SCCOCN(CC)c2ccc(N=Nc4ccc(F)c(S(=O)(=O)O)c4)c(c2)N3)c1. The monoisotopic (exact) mass is 910 g/mol. The van der Waals surface area contributed by atoms with Gasteiger partial charge in [-0.2, -0.15) is 42.0 Å². The van der Waals surface area contributed by atoms with Gasteiger partial charge in [0, 0.05) is 18.0 Å². The molecule has 22 heteroatoms. The topological polar surface area (TPSA) is 233 Å². The summed E-state index contributed by atoms with van der Waals surface area (Å²) in [6.45, 7) is 7.52. The summed E-state index contributed by atoms with van der Waals surface area (Å²) in [6, 6.07) is 16.7. The van der Waals surface area contributed by atoms with Crippen LogP contribution in [0.2, 0.25) is 0 Å². The third kappa shape index (κ3) is 12.3. The van der Waals surface area contributed by atoms with Crippen LogP contribution < -0.4 is 15.5 Å². The number of benzene rings is 4. The van der Waals surface area contributed by atoms with Crippen LogP contribution in [0.4, 0.5) is 60.5 Å². The van der Waals surface area contributed by atoms with Crippen molar-refractivity contribution in [2.45, 2.75) is 67.8 Å². The molecular weight excluding hydrogens is 867 g/mol. The molecular formula is C40H44F2N10O7S3. The van der Waals surface area contributed by atoms with E-state index in [1.807, 2.05) is 24.0 Å². The standard InChI is InChI=1S/C40H44F2N10O7S3/c1-4-7-8-25(5-2)19-26-9-15-32(50-48-27-10-13-30(41)36(21-27)61(53,54)55)34(20-26)43-38-45-39-44-35-23-29(52(6-3)24-59-17-18-60-40(46-38)47-39)12-16-33(35)51-49-28-11-14-31(42)37(22-28)62(56,57)58/h9-16,20-23,25H,4-8,17-19,24H2,1-3H3,(H,53,54,55)(H,56,57,58)(H2,43,44,45,46,47). The van der Waals surface area contributed by atoms with E-state index in [9.17, 15) is 34.7 Å². The van der Waals surface area contributed by atoms with E-state index in [1.165, 1.54) is 23.9 Å². The molecule has 1 aliphatic heterocycles. The maximum Gasteiger partial charge on any atom is 0.297 e. The third-order valence-electron chi connectivity index (χ3n) is 9.60. The maximum atomic E-state index is 14.2. The van der Waals surface area contributed by atoms with Crippen LogP contribution >= 0.6 is 11.8 Å². The van der Waals surface area contributed by atoms with Gasteiger partial charge in [-0.3, -0.25) is 9.11 Å². The third-order valence-corrected chi connectivity index (χ3v) is 12.2. The molecule has 4 bridgehead atoms. The summed E-state index contributed by atoms with van der Waals surface area (Å²) in [4.78, 5) is 14.1. The Balaban J connectivity index is 1.40. The summed E-state index contributed by atoms with van der Waals surface area (Å²) in [5.74, 6) is -1.15. The first-order valence-corrected chi connectivity index (χ1v) is 23.4. The molecule has 5 aromatic rings. The van der Waals surface area contributed by atoms with Gasteiger partial charge in [-0.1, -0.05) is 57.4 Å². The van der Waals surface area contributed by atoms with Gasteiger partial charge in [0.25, 0.3) is 20.2 Å². The molecule has 2 heterocycles. The van der Waals surface area contributed by atoms with Gasteiger partial charge in [0.15, 0.2) is 5.16 Å². The minimum absolute atomic E-state index is 0.0281. The molecule has 1 atom stereocenters. The van der Waals surface area contributed by atoms with E-state index >= 15 is 0 Å². The lowest BCUT2D eigenvalue weighted by atomic mass is 9.92. The Morgan fingerprint density at radius 3 is 2.13 bits per heavy atom. The molecule has 4 aromatic carbocycles. The number of unbranched alkanes of at least 4 members (excludes halogenated alkanes) is 1. The zero-order valence-electron chi connectivity index (χ0n) is 33.9. The summed E-state index contributed by atoms with van der Waals surface area (Å²) in [7, 11) is -9.73. The second-order valence-electron chi connectivity index (χ2n) is 14.0. The number of hydrogen-bond acceptors (Lipinski definition) is 16. The minimum atomic E-state index is -4.87. The van der Waals surface area contributed by atoms with Crippen LogP contribution in [0.15, 0.2) is 108 Å². The Morgan fingerprint density at radius 1 is 0.839 bits per heavy atom. The average Bonchev–Trinajstić information content (AvgIpc) is 3.23. The summed E-state index contributed by atoms with van der Waals surface area (Å²) in [6.07, 6.45) is 4.98. The number of azo groups is 2. The van der Waals surface area contributed by atoms with Gasteiger partial charge in [0.2, 0.25) is 11.9 Å². The maximum absolute atomic E-state index is 14.2. The smallest absolute Gasteiger partial charge is 0.297 e. The molecule has 0 spiro atoms. The molecule has 62 heavy (non-hydrogen) atoms. The van der Waals surface area contributed by atoms with E-state index in [4.69, 9.17) is 4.74 Å². The molecule has 1 aromatic heterocycles. The van der Waals surface area contributed by atoms with Crippen molar-refractivity contribution in [3.05, 3.63) is 90.0 Å². The van der Waals surface area contributed by atoms with E-state index in [0.717, 1.165) is 67.6 Å². The molecule has 1 aliphatic rings. The second kappa shape index (κ2) is 20.6. The van der Waals surface area contributed by atoms with Crippen molar-refractivity contribution >= 4 is 83.7 Å². The van der Waals surface area contributed by atoms with Gasteiger partial charge in [0.1, 0.15) is 39.5 Å². The number of anilines is 5. The first-order valence-electron chi connectivity index (χ1n) is 19.5. The fourth-order valence-electron chi connectivity index (χ4n) is 6.30. The number of thioether (sulfide) groups is 1. The van der Waals surface area contributed by atoms with E-state index in [1.54, 1.807) is 24.3 Å². The van der Waals surface area contributed by atoms with Gasteiger partial charge in [-0.05, 0) is 91.6 Å². The van der Waals surface area contributed by atoms with Crippen molar-refractivity contribution in [2.75, 3.05) is 41.2 Å². The predicted octanol–water partition coefficient (Wildman–Crippen LogP) is 10.6. The number of aromatic nitrogens is 3. The molecule has 0 saturated carbocycles. The van der Waals surface area contributed by atoms with E-state index in [0.29, 0.717) is 47.0 Å². The van der Waals surface area contributed by atoms with Crippen LogP contribution in [0.3, 0.4) is 0 Å². The van der Waals surface area contributed by atoms with Crippen molar-refractivity contribution in [3.8, 4) is 0 Å². The summed E-state index contributed by atoms with van der Waals surface area (Å²) < 4.78 is 100. The number of halogens is 2. The Hall–Kier alpha value is -5.52. The number of nitrogens with zero attached hydrogens (tertiary/aromatic N) is 8. The number of nitrogens with one attached hydrogen (secondary N) is 2. The van der Waals surface area contributed by atoms with Gasteiger partial charge in [-0.15, -0.1) is 10.2 Å². The van der Waals surface area contributed by atoms with Gasteiger partial charge >= 0.3 is 0 Å². The van der Waals surface area contributed by atoms with Gasteiger partial charge in [0.05, 0.1) is 29.4 Å². The quantitative estimate of drug-likeness (QED) is 0.0565. The average molecular weight is 911 g/mol. The van der Waals surface area contributed by atoms with Gasteiger partial charge < -0.3 is 20.3 Å². The Kier molecular flexibility index (Phi) is 15.3. The Labute approximate surface area is 362 Å². The molecule has 4 N–H and O–H groups in total. The number of fused-ring (bicyclic) bond motifs is 4. The molecule has 328 valence electrons. The molecule has 0 amide bonds. The number of hydrogen-bond donors (Lipinski definition) is 4. The largest absolute Gasteiger partial charge is 0.360 e. The van der Waals surface area contributed by atoms with Crippen LogP contribution in [0.1, 0.15) is 52.0 Å². The zero-order chi connectivity index (χ0) is 44.4. The lowest BCUT2D eigenvalue weighted by molar-refractivity contribution is 0.150. The number of ether oxygens (including phenoxy) is 1. The first kappa shape index (κ1) is 46.0. The summed E-state index contributed by atoms with van der Waals surface area (Å²) in [5, 5.41) is 23.8. The first-order chi connectivity index (χ1) is 29.6. The van der Waals surface area contributed by atoms with Crippen LogP contribution in [0.5, 0.6) is 0 Å². The lowest BCUT2D eigenvalue weighted by Crippen LogP contribution is -2.26. The molecule has 0 radical (unpaired) electrons. The molecule has 0 saturated heterocycles. The Bertz CT molecular complexity index is 2690. The van der Waals surface area contributed by atoms with Crippen molar-refractivity contribution in [2.24, 2.45) is 26.4 Å². The van der Waals surface area contributed by atoms with E-state index < -0.39 is 41.7 Å². The van der Waals surface area contributed by atoms with Crippen LogP contribution in [0.25, 0.3) is 0 Å². The van der Waals surface area contributed by atoms with E-state index in [2.05, 4.69) is 59.9 Å². The molecule has 1 unspecified atom stereocenters. The normalized spacial score (nSPS) is 14.3. The predicted molar refractivity (Wildman–Crippen MR) is 232 cm³/mol. The molecule has 0 fully saturated rings. The van der Waals surface area contributed by atoms with Crippen molar-refractivity contribution in [1.82, 2.24) is 15.0 Å². The highest BCUT2D eigenvalue weighted by atomic mass is 32.2. The van der Waals surface area contributed by atoms with Crippen molar-refractivity contribution in [3.63, 3.8) is 0 Å². The van der Waals surface area contributed by atoms with Crippen molar-refractivity contribution in [1.29, 1.82) is 0 Å². The van der Waals surface area contributed by atoms with Crippen LogP contribution in [0, 0.1) is 17.6 Å². The molecule has 17 nitrogen and oxygen atoms in total. The fraction of sp³-hybridized carbons (Fsp3) is 0.325. The second-order valence-corrected chi connectivity index (χ2v) is 17.9. The number of rotatable bonds is 15. The highest BCUT2D eigenvalue weighted by molar-refractivity contribution is 7.99. The minimum Gasteiger partial charge on any atom is -0.360 e. The molecule has 0 aliphatic carbocycles. The molecule has 6 rings (SSSR count). The van der Waals surface area contributed by atoms with Crippen LogP contribution in [-0.4, -0.2) is 66.5 Å².